The standard InChI is InChI=1S/C20H44N2/c1-3-5-7-9-13-19(17-21)15-11-12-16-20(18-22)14-10-8-6-4-2/h19-20H,3-18,21-22H2,1-2H3. The van der Waals surface area contributed by atoms with Gasteiger partial charge >= 0.3 is 0 Å². The average molecular weight is 313 g/mol. The molecule has 134 valence electrons. The van der Waals surface area contributed by atoms with Gasteiger partial charge in [-0.3, -0.25) is 0 Å². The van der Waals surface area contributed by atoms with Crippen LogP contribution in [0.4, 0.5) is 0 Å². The van der Waals surface area contributed by atoms with Crippen molar-refractivity contribution in [3.63, 3.8) is 0 Å². The Hall–Kier alpha value is -0.0800. The van der Waals surface area contributed by atoms with Crippen LogP contribution in [0.15, 0.2) is 0 Å². The molecule has 4 N–H and O–H groups in total. The third kappa shape index (κ3) is 13.6. The van der Waals surface area contributed by atoms with Gasteiger partial charge in [-0.25, -0.2) is 0 Å². The monoisotopic (exact) mass is 312 g/mol. The van der Waals surface area contributed by atoms with Gasteiger partial charge in [0.1, 0.15) is 0 Å². The van der Waals surface area contributed by atoms with E-state index in [1.54, 1.807) is 0 Å². The lowest BCUT2D eigenvalue weighted by Gasteiger charge is -2.17. The largest absolute Gasteiger partial charge is 0.330 e. The molecule has 0 radical (unpaired) electrons. The minimum absolute atomic E-state index is 0.762. The lowest BCUT2D eigenvalue weighted by atomic mass is 9.91. The lowest BCUT2D eigenvalue weighted by molar-refractivity contribution is 0.381. The van der Waals surface area contributed by atoms with Crippen LogP contribution in [0.3, 0.4) is 0 Å². The Kier molecular flexibility index (Phi) is 17.2. The summed E-state index contributed by atoms with van der Waals surface area (Å²) in [6, 6.07) is 0. The third-order valence-electron chi connectivity index (χ3n) is 5.07. The molecule has 0 aliphatic heterocycles. The molecule has 2 atom stereocenters. The molecule has 0 saturated heterocycles. The number of hydrogen-bond acceptors (Lipinski definition) is 2. The SMILES string of the molecule is CCCCCCC(CN)CCCCC(CN)CCCCCC. The normalized spacial score (nSPS) is 14.2. The van der Waals surface area contributed by atoms with Crippen molar-refractivity contribution in [3.8, 4) is 0 Å². The molecule has 0 aliphatic rings. The third-order valence-corrected chi connectivity index (χ3v) is 5.07. The Labute approximate surface area is 140 Å². The van der Waals surface area contributed by atoms with Gasteiger partial charge in [0.15, 0.2) is 0 Å². The zero-order valence-corrected chi connectivity index (χ0v) is 15.6. The second-order valence-corrected chi connectivity index (χ2v) is 7.19. The van der Waals surface area contributed by atoms with E-state index in [9.17, 15) is 0 Å². The summed E-state index contributed by atoms with van der Waals surface area (Å²) in [5, 5.41) is 0. The first kappa shape index (κ1) is 21.9. The van der Waals surface area contributed by atoms with E-state index in [2.05, 4.69) is 13.8 Å². The van der Waals surface area contributed by atoms with Crippen molar-refractivity contribution in [2.75, 3.05) is 13.1 Å². The number of unbranched alkanes of at least 4 members (excludes halogenated alkanes) is 7. The van der Waals surface area contributed by atoms with E-state index in [1.165, 1.54) is 89.9 Å². The van der Waals surface area contributed by atoms with Gasteiger partial charge in [-0.05, 0) is 50.6 Å². The van der Waals surface area contributed by atoms with Gasteiger partial charge in [0, 0.05) is 0 Å². The molecule has 0 aromatic carbocycles. The van der Waals surface area contributed by atoms with Gasteiger partial charge < -0.3 is 11.5 Å². The maximum absolute atomic E-state index is 5.93. The molecule has 0 saturated carbocycles. The highest BCUT2D eigenvalue weighted by Gasteiger charge is 2.09. The average Bonchev–Trinajstić information content (AvgIpc) is 2.55. The van der Waals surface area contributed by atoms with E-state index >= 15 is 0 Å². The molecule has 0 spiro atoms. The fourth-order valence-corrected chi connectivity index (χ4v) is 3.35. The summed E-state index contributed by atoms with van der Waals surface area (Å²) < 4.78 is 0. The summed E-state index contributed by atoms with van der Waals surface area (Å²) in [5.74, 6) is 1.52. The van der Waals surface area contributed by atoms with Crippen molar-refractivity contribution in [3.05, 3.63) is 0 Å². The van der Waals surface area contributed by atoms with Crippen LogP contribution in [-0.2, 0) is 0 Å². The summed E-state index contributed by atoms with van der Waals surface area (Å²) >= 11 is 0. The molecule has 22 heavy (non-hydrogen) atoms. The van der Waals surface area contributed by atoms with E-state index in [0.29, 0.717) is 0 Å². The van der Waals surface area contributed by atoms with Crippen molar-refractivity contribution in [1.82, 2.24) is 0 Å². The Morgan fingerprint density at radius 2 is 0.818 bits per heavy atom. The Balaban J connectivity index is 3.59. The molecule has 2 unspecified atom stereocenters. The van der Waals surface area contributed by atoms with Crippen LogP contribution in [0, 0.1) is 11.8 Å². The van der Waals surface area contributed by atoms with Gasteiger partial charge in [-0.15, -0.1) is 0 Å². The van der Waals surface area contributed by atoms with Crippen LogP contribution >= 0.6 is 0 Å². The molecule has 0 rings (SSSR count). The van der Waals surface area contributed by atoms with Crippen molar-refractivity contribution >= 4 is 0 Å². The molecule has 0 aromatic heterocycles. The predicted molar refractivity (Wildman–Crippen MR) is 101 cm³/mol. The Morgan fingerprint density at radius 1 is 0.500 bits per heavy atom. The summed E-state index contributed by atoms with van der Waals surface area (Å²) in [6.45, 7) is 6.31. The van der Waals surface area contributed by atoms with E-state index in [0.717, 1.165) is 24.9 Å². The zero-order valence-electron chi connectivity index (χ0n) is 15.6. The molecule has 2 nitrogen and oxygen atoms in total. The van der Waals surface area contributed by atoms with Crippen LogP contribution in [0.2, 0.25) is 0 Å². The van der Waals surface area contributed by atoms with Crippen LogP contribution in [0.1, 0.15) is 104 Å². The molecule has 0 amide bonds. The highest BCUT2D eigenvalue weighted by atomic mass is 14.5. The smallest absolute Gasteiger partial charge is 0.00489 e. The van der Waals surface area contributed by atoms with E-state index < -0.39 is 0 Å². The molecule has 0 aromatic rings. The molecular formula is C20H44N2. The first-order valence-electron chi connectivity index (χ1n) is 10.2. The van der Waals surface area contributed by atoms with E-state index in [4.69, 9.17) is 11.5 Å². The molecule has 0 heterocycles. The number of nitrogens with two attached hydrogens (primary N) is 2. The fourth-order valence-electron chi connectivity index (χ4n) is 3.35. The highest BCUT2D eigenvalue weighted by Crippen LogP contribution is 2.20. The van der Waals surface area contributed by atoms with Gasteiger partial charge in [-0.1, -0.05) is 78.1 Å². The summed E-state index contributed by atoms with van der Waals surface area (Å²) in [5.41, 5.74) is 11.9. The molecule has 0 aliphatic carbocycles. The minimum Gasteiger partial charge on any atom is -0.330 e. The van der Waals surface area contributed by atoms with Gasteiger partial charge in [0.2, 0.25) is 0 Å². The van der Waals surface area contributed by atoms with Crippen LogP contribution < -0.4 is 11.5 Å². The van der Waals surface area contributed by atoms with Crippen molar-refractivity contribution < 1.29 is 0 Å². The summed E-state index contributed by atoms with van der Waals surface area (Å²) in [4.78, 5) is 0. The lowest BCUT2D eigenvalue weighted by Crippen LogP contribution is -2.16. The molecule has 2 heteroatoms. The van der Waals surface area contributed by atoms with Gasteiger partial charge in [0.05, 0.1) is 0 Å². The molecule has 0 fully saturated rings. The quantitative estimate of drug-likeness (QED) is 0.342. The summed E-state index contributed by atoms with van der Waals surface area (Å²) in [6.07, 6.45) is 19.0. The maximum Gasteiger partial charge on any atom is -0.00489 e. The van der Waals surface area contributed by atoms with Crippen LogP contribution in [0.25, 0.3) is 0 Å². The van der Waals surface area contributed by atoms with Gasteiger partial charge in [-0.2, -0.15) is 0 Å². The van der Waals surface area contributed by atoms with E-state index in [-0.39, 0.29) is 0 Å². The van der Waals surface area contributed by atoms with Gasteiger partial charge in [0.25, 0.3) is 0 Å². The second kappa shape index (κ2) is 17.3. The van der Waals surface area contributed by atoms with E-state index in [1.807, 2.05) is 0 Å². The summed E-state index contributed by atoms with van der Waals surface area (Å²) in [7, 11) is 0. The first-order chi connectivity index (χ1) is 10.8. The highest BCUT2D eigenvalue weighted by molar-refractivity contribution is 4.64. The Morgan fingerprint density at radius 3 is 1.09 bits per heavy atom. The van der Waals surface area contributed by atoms with Crippen LogP contribution in [0.5, 0.6) is 0 Å². The van der Waals surface area contributed by atoms with Crippen LogP contribution in [-0.4, -0.2) is 13.1 Å². The first-order valence-corrected chi connectivity index (χ1v) is 10.2. The number of hydrogen-bond donors (Lipinski definition) is 2. The maximum atomic E-state index is 5.93. The second-order valence-electron chi connectivity index (χ2n) is 7.19. The number of rotatable bonds is 17. The minimum atomic E-state index is 0.762. The predicted octanol–water partition coefficient (Wildman–Crippen LogP) is 5.64. The topological polar surface area (TPSA) is 52.0 Å². The Bertz CT molecular complexity index is 184. The molecular weight excluding hydrogens is 268 g/mol. The molecule has 0 bridgehead atoms. The van der Waals surface area contributed by atoms with Crippen molar-refractivity contribution in [2.24, 2.45) is 23.3 Å². The zero-order chi connectivity index (χ0) is 16.5. The van der Waals surface area contributed by atoms with Crippen molar-refractivity contribution in [2.45, 2.75) is 104 Å². The van der Waals surface area contributed by atoms with Crippen molar-refractivity contribution in [1.29, 1.82) is 0 Å². The fraction of sp³-hybridized carbons (Fsp3) is 1.00.